The second-order valence-electron chi connectivity index (χ2n) is 8.77. The highest BCUT2D eigenvalue weighted by Gasteiger charge is 2.36. The highest BCUT2D eigenvalue weighted by molar-refractivity contribution is 5.43. The number of alkyl halides is 3. The Bertz CT molecular complexity index is 1030. The van der Waals surface area contributed by atoms with Gasteiger partial charge in [-0.15, -0.1) is 0 Å². The number of aromatic nitrogens is 5. The average molecular weight is 406 g/mol. The van der Waals surface area contributed by atoms with E-state index in [0.717, 1.165) is 41.2 Å². The molecule has 1 aliphatic rings. The van der Waals surface area contributed by atoms with Gasteiger partial charge in [0.2, 0.25) is 0 Å². The van der Waals surface area contributed by atoms with Crippen molar-refractivity contribution in [1.29, 1.82) is 0 Å². The Balaban J connectivity index is 1.68. The first-order valence-electron chi connectivity index (χ1n) is 9.75. The van der Waals surface area contributed by atoms with E-state index in [1.54, 1.807) is 13.0 Å². The van der Waals surface area contributed by atoms with Crippen molar-refractivity contribution in [2.75, 3.05) is 6.54 Å². The van der Waals surface area contributed by atoms with Crippen LogP contribution < -0.4 is 0 Å². The van der Waals surface area contributed by atoms with Crippen LogP contribution in [0.5, 0.6) is 0 Å². The summed E-state index contributed by atoms with van der Waals surface area (Å²) < 4.78 is 41.3. The molecule has 156 valence electrons. The number of aryl methyl sites for hydroxylation is 1. The molecule has 0 spiro atoms. The molecule has 1 fully saturated rings. The Morgan fingerprint density at radius 3 is 2.66 bits per heavy atom. The zero-order valence-electron chi connectivity index (χ0n) is 17.0. The topological polar surface area (TPSA) is 62.1 Å². The minimum absolute atomic E-state index is 0.0409. The second-order valence-corrected chi connectivity index (χ2v) is 8.77. The van der Waals surface area contributed by atoms with Crippen LogP contribution in [0.2, 0.25) is 0 Å². The first-order chi connectivity index (χ1) is 13.5. The largest absolute Gasteiger partial charge is 0.433 e. The SMILES string of the molecule is Cc1cc(C(F)(F)F)n2nc([C@@H]3CCCN3Cc3cn[nH]c3C(C)(C)C)cc2n1. The summed E-state index contributed by atoms with van der Waals surface area (Å²) >= 11 is 0. The summed E-state index contributed by atoms with van der Waals surface area (Å²) in [5, 5.41) is 11.6. The summed E-state index contributed by atoms with van der Waals surface area (Å²) in [6.07, 6.45) is -0.817. The lowest BCUT2D eigenvalue weighted by atomic mass is 9.89. The summed E-state index contributed by atoms with van der Waals surface area (Å²) in [7, 11) is 0. The number of fused-ring (bicyclic) bond motifs is 1. The standard InChI is InChI=1S/C20H25F3N6/c1-12-8-16(20(21,22)23)29-17(25-12)9-14(27-29)15-6-5-7-28(15)11-13-10-24-26-18(13)19(2,3)4/h8-10,15H,5-7,11H2,1-4H3,(H,24,26)/t15-/m0/s1. The molecule has 6 nitrogen and oxygen atoms in total. The summed E-state index contributed by atoms with van der Waals surface area (Å²) in [6, 6.07) is 2.68. The summed E-state index contributed by atoms with van der Waals surface area (Å²) in [5.41, 5.74) is 2.53. The smallest absolute Gasteiger partial charge is 0.290 e. The number of hydrogen-bond donors (Lipinski definition) is 1. The van der Waals surface area contributed by atoms with E-state index >= 15 is 0 Å². The molecule has 3 aromatic heterocycles. The lowest BCUT2D eigenvalue weighted by Crippen LogP contribution is -2.25. The summed E-state index contributed by atoms with van der Waals surface area (Å²) in [5.74, 6) is 0. The number of likely N-dealkylation sites (tertiary alicyclic amines) is 1. The predicted octanol–water partition coefficient (Wildman–Crippen LogP) is 4.41. The van der Waals surface area contributed by atoms with Crippen molar-refractivity contribution in [3.05, 3.63) is 46.7 Å². The van der Waals surface area contributed by atoms with Crippen LogP contribution in [0.1, 0.15) is 68.0 Å². The number of H-pyrrole nitrogens is 1. The van der Waals surface area contributed by atoms with E-state index in [4.69, 9.17) is 0 Å². The molecule has 1 atom stereocenters. The molecule has 3 aromatic rings. The van der Waals surface area contributed by atoms with Gasteiger partial charge in [-0.25, -0.2) is 9.50 Å². The average Bonchev–Trinajstić information content (AvgIpc) is 3.31. The molecule has 9 heteroatoms. The molecule has 0 bridgehead atoms. The van der Waals surface area contributed by atoms with E-state index in [0.29, 0.717) is 17.9 Å². The van der Waals surface area contributed by atoms with Gasteiger partial charge in [0, 0.05) is 35.0 Å². The zero-order valence-corrected chi connectivity index (χ0v) is 17.0. The highest BCUT2D eigenvalue weighted by Crippen LogP contribution is 2.36. The van der Waals surface area contributed by atoms with Gasteiger partial charge >= 0.3 is 6.18 Å². The fourth-order valence-corrected chi connectivity index (χ4v) is 4.13. The number of nitrogens with zero attached hydrogens (tertiary/aromatic N) is 5. The molecule has 0 amide bonds. The highest BCUT2D eigenvalue weighted by atomic mass is 19.4. The fourth-order valence-electron chi connectivity index (χ4n) is 4.13. The molecule has 0 aromatic carbocycles. The van der Waals surface area contributed by atoms with Gasteiger partial charge in [0.1, 0.15) is 5.69 Å². The van der Waals surface area contributed by atoms with Crippen molar-refractivity contribution in [3.63, 3.8) is 0 Å². The van der Waals surface area contributed by atoms with E-state index in [9.17, 15) is 13.2 Å². The minimum atomic E-state index is -4.48. The number of nitrogens with one attached hydrogen (secondary N) is 1. The predicted molar refractivity (Wildman–Crippen MR) is 102 cm³/mol. The molecular formula is C20H25F3N6. The van der Waals surface area contributed by atoms with Gasteiger partial charge in [0.05, 0.1) is 17.9 Å². The van der Waals surface area contributed by atoms with Gasteiger partial charge in [-0.1, -0.05) is 20.8 Å². The summed E-state index contributed by atoms with van der Waals surface area (Å²) in [4.78, 5) is 6.52. The first-order valence-corrected chi connectivity index (χ1v) is 9.75. The van der Waals surface area contributed by atoms with Crippen LogP contribution in [-0.4, -0.2) is 36.2 Å². The Hall–Kier alpha value is -2.42. The quantitative estimate of drug-likeness (QED) is 0.700. The molecule has 1 aliphatic heterocycles. The molecule has 0 unspecified atom stereocenters. The Morgan fingerprint density at radius 2 is 1.97 bits per heavy atom. The number of aromatic amines is 1. The molecule has 29 heavy (non-hydrogen) atoms. The van der Waals surface area contributed by atoms with Gasteiger partial charge < -0.3 is 0 Å². The van der Waals surface area contributed by atoms with Crippen LogP contribution in [0.25, 0.3) is 5.65 Å². The normalized spacial score (nSPS) is 18.8. The molecule has 0 aliphatic carbocycles. The van der Waals surface area contributed by atoms with Gasteiger partial charge in [-0.05, 0) is 32.4 Å². The van der Waals surface area contributed by atoms with Crippen LogP contribution >= 0.6 is 0 Å². The lowest BCUT2D eigenvalue weighted by Gasteiger charge is -2.25. The maximum absolute atomic E-state index is 13.5. The third-order valence-electron chi connectivity index (χ3n) is 5.41. The van der Waals surface area contributed by atoms with Crippen molar-refractivity contribution in [2.45, 2.75) is 64.7 Å². The Morgan fingerprint density at radius 1 is 1.21 bits per heavy atom. The van der Waals surface area contributed by atoms with Gasteiger partial charge in [0.15, 0.2) is 5.65 Å². The van der Waals surface area contributed by atoms with Crippen molar-refractivity contribution < 1.29 is 13.2 Å². The maximum atomic E-state index is 13.5. The number of halogens is 3. The van der Waals surface area contributed by atoms with Gasteiger partial charge in [-0.2, -0.15) is 23.4 Å². The third kappa shape index (κ3) is 3.75. The first kappa shape index (κ1) is 19.9. The van der Waals surface area contributed by atoms with Crippen LogP contribution in [0.4, 0.5) is 13.2 Å². The molecular weight excluding hydrogens is 381 g/mol. The minimum Gasteiger partial charge on any atom is -0.290 e. The van der Waals surface area contributed by atoms with Crippen LogP contribution in [0.3, 0.4) is 0 Å². The van der Waals surface area contributed by atoms with Crippen molar-refractivity contribution in [3.8, 4) is 0 Å². The Labute approximate surface area is 167 Å². The van der Waals surface area contributed by atoms with E-state index in [2.05, 4.69) is 46.0 Å². The third-order valence-corrected chi connectivity index (χ3v) is 5.41. The van der Waals surface area contributed by atoms with Crippen LogP contribution in [0.15, 0.2) is 18.3 Å². The van der Waals surface area contributed by atoms with E-state index in [1.165, 1.54) is 0 Å². The van der Waals surface area contributed by atoms with E-state index < -0.39 is 11.9 Å². The summed E-state index contributed by atoms with van der Waals surface area (Å²) in [6.45, 7) is 9.49. The molecule has 0 radical (unpaired) electrons. The number of rotatable bonds is 3. The van der Waals surface area contributed by atoms with Crippen molar-refractivity contribution in [1.82, 2.24) is 29.7 Å². The lowest BCUT2D eigenvalue weighted by molar-refractivity contribution is -0.142. The van der Waals surface area contributed by atoms with E-state index in [1.807, 2.05) is 6.20 Å². The second kappa shape index (κ2) is 6.83. The maximum Gasteiger partial charge on any atom is 0.433 e. The van der Waals surface area contributed by atoms with Crippen LogP contribution in [0, 0.1) is 6.92 Å². The molecule has 4 rings (SSSR count). The van der Waals surface area contributed by atoms with Gasteiger partial charge in [0.25, 0.3) is 0 Å². The zero-order chi connectivity index (χ0) is 21.0. The monoisotopic (exact) mass is 406 g/mol. The Kier molecular flexibility index (Phi) is 4.68. The fraction of sp³-hybridized carbons (Fsp3) is 0.550. The van der Waals surface area contributed by atoms with Crippen molar-refractivity contribution in [2.24, 2.45) is 0 Å². The van der Waals surface area contributed by atoms with E-state index in [-0.39, 0.29) is 17.1 Å². The molecule has 1 N–H and O–H groups in total. The molecule has 4 heterocycles. The number of hydrogen-bond acceptors (Lipinski definition) is 4. The van der Waals surface area contributed by atoms with Gasteiger partial charge in [-0.3, -0.25) is 10.00 Å². The molecule has 1 saturated heterocycles. The molecule has 0 saturated carbocycles. The van der Waals surface area contributed by atoms with Crippen LogP contribution in [-0.2, 0) is 18.1 Å². The van der Waals surface area contributed by atoms with Crippen molar-refractivity contribution >= 4 is 5.65 Å².